The van der Waals surface area contributed by atoms with E-state index in [4.69, 9.17) is 10.2 Å². The monoisotopic (exact) mass is 244 g/mol. The molecule has 2 aromatic heterocycles. The zero-order valence-electron chi connectivity index (χ0n) is 9.59. The lowest BCUT2D eigenvalue weighted by Gasteiger charge is -2.04. The van der Waals surface area contributed by atoms with Crippen molar-refractivity contribution in [1.82, 2.24) is 15.3 Å². The molecular weight excluding hydrogens is 232 g/mol. The molecule has 2 rings (SSSR count). The summed E-state index contributed by atoms with van der Waals surface area (Å²) in [6.07, 6.45) is 3.10. The molecule has 0 aliphatic carbocycles. The predicted molar refractivity (Wildman–Crippen MR) is 66.7 cm³/mol. The average molecular weight is 244 g/mol. The van der Waals surface area contributed by atoms with Crippen LogP contribution in [0.4, 0.5) is 5.95 Å². The van der Waals surface area contributed by atoms with Crippen molar-refractivity contribution in [2.75, 3.05) is 12.3 Å². The largest absolute Gasteiger partial charge is 0.463 e. The molecule has 0 spiro atoms. The van der Waals surface area contributed by atoms with Gasteiger partial charge in [-0.15, -0.1) is 6.58 Å². The first kappa shape index (κ1) is 11.8. The minimum absolute atomic E-state index is 0.0210. The minimum atomic E-state index is -0.336. The normalized spacial score (nSPS) is 10.0. The number of hydrogen-bond acceptors (Lipinski definition) is 5. The van der Waals surface area contributed by atoms with Crippen LogP contribution in [0.5, 0.6) is 0 Å². The van der Waals surface area contributed by atoms with Gasteiger partial charge in [0.1, 0.15) is 11.4 Å². The highest BCUT2D eigenvalue weighted by Gasteiger charge is 2.12. The molecule has 1 amide bonds. The number of anilines is 1. The van der Waals surface area contributed by atoms with Crippen molar-refractivity contribution in [2.24, 2.45) is 0 Å². The lowest BCUT2D eigenvalue weighted by Crippen LogP contribution is -2.24. The molecule has 2 aromatic rings. The van der Waals surface area contributed by atoms with Crippen molar-refractivity contribution in [3.05, 3.63) is 42.8 Å². The summed E-state index contributed by atoms with van der Waals surface area (Å²) in [5, 5.41) is 2.61. The van der Waals surface area contributed by atoms with Gasteiger partial charge in [0.2, 0.25) is 5.95 Å². The van der Waals surface area contributed by atoms with Gasteiger partial charge in [-0.3, -0.25) is 4.79 Å². The Hall–Kier alpha value is -2.63. The van der Waals surface area contributed by atoms with Crippen molar-refractivity contribution in [3.8, 4) is 11.5 Å². The smallest absolute Gasteiger partial charge is 0.270 e. The highest BCUT2D eigenvalue weighted by molar-refractivity contribution is 5.93. The van der Waals surface area contributed by atoms with Crippen molar-refractivity contribution in [2.45, 2.75) is 0 Å². The molecular formula is C12H12N4O2. The second-order valence-electron chi connectivity index (χ2n) is 3.47. The molecule has 0 saturated heterocycles. The Labute approximate surface area is 104 Å². The number of nitrogens with zero attached hydrogens (tertiary/aromatic N) is 2. The van der Waals surface area contributed by atoms with Crippen molar-refractivity contribution in [1.29, 1.82) is 0 Å². The summed E-state index contributed by atoms with van der Waals surface area (Å²) in [6, 6.07) is 4.98. The molecule has 2 heterocycles. The number of amides is 1. The highest BCUT2D eigenvalue weighted by Crippen LogP contribution is 2.18. The van der Waals surface area contributed by atoms with Gasteiger partial charge in [-0.1, -0.05) is 6.08 Å². The quantitative estimate of drug-likeness (QED) is 0.789. The summed E-state index contributed by atoms with van der Waals surface area (Å²) in [5.41, 5.74) is 6.23. The first-order chi connectivity index (χ1) is 8.70. The molecule has 92 valence electrons. The van der Waals surface area contributed by atoms with Crippen molar-refractivity contribution >= 4 is 11.9 Å². The van der Waals surface area contributed by atoms with Gasteiger partial charge in [-0.05, 0) is 18.2 Å². The van der Waals surface area contributed by atoms with Crippen molar-refractivity contribution in [3.63, 3.8) is 0 Å². The van der Waals surface area contributed by atoms with Crippen LogP contribution in [0, 0.1) is 0 Å². The maximum absolute atomic E-state index is 11.7. The standard InChI is InChI=1S/C12H12N4O2/c1-2-5-14-11(17)9-7-8(15-12(13)16-9)10-4-3-6-18-10/h2-4,6-7H,1,5H2,(H,14,17)(H2,13,15,16). The number of carbonyl (C=O) groups excluding carboxylic acids is 1. The van der Waals surface area contributed by atoms with Gasteiger partial charge in [-0.2, -0.15) is 0 Å². The fourth-order valence-electron chi connectivity index (χ4n) is 1.39. The van der Waals surface area contributed by atoms with Gasteiger partial charge in [0.15, 0.2) is 5.76 Å². The van der Waals surface area contributed by atoms with Crippen LogP contribution in [0.2, 0.25) is 0 Å². The highest BCUT2D eigenvalue weighted by atomic mass is 16.3. The molecule has 0 radical (unpaired) electrons. The van der Waals surface area contributed by atoms with Crippen LogP contribution in [-0.2, 0) is 0 Å². The number of rotatable bonds is 4. The molecule has 0 bridgehead atoms. The van der Waals surface area contributed by atoms with E-state index in [1.165, 1.54) is 12.3 Å². The maximum Gasteiger partial charge on any atom is 0.270 e. The van der Waals surface area contributed by atoms with Crippen LogP contribution >= 0.6 is 0 Å². The van der Waals surface area contributed by atoms with E-state index in [1.807, 2.05) is 0 Å². The second-order valence-corrected chi connectivity index (χ2v) is 3.47. The van der Waals surface area contributed by atoms with Crippen molar-refractivity contribution < 1.29 is 9.21 Å². The number of nitrogens with two attached hydrogens (primary N) is 1. The van der Waals surface area contributed by atoms with Gasteiger partial charge in [-0.25, -0.2) is 9.97 Å². The van der Waals surface area contributed by atoms with E-state index in [1.54, 1.807) is 18.2 Å². The number of nitrogen functional groups attached to an aromatic ring is 1. The van der Waals surface area contributed by atoms with Crippen LogP contribution in [0.25, 0.3) is 11.5 Å². The zero-order valence-corrected chi connectivity index (χ0v) is 9.59. The van der Waals surface area contributed by atoms with Gasteiger partial charge in [0.05, 0.1) is 6.26 Å². The predicted octanol–water partition coefficient (Wildman–Crippen LogP) is 1.23. The second kappa shape index (κ2) is 5.13. The summed E-state index contributed by atoms with van der Waals surface area (Å²) in [7, 11) is 0. The van der Waals surface area contributed by atoms with Gasteiger partial charge >= 0.3 is 0 Å². The zero-order chi connectivity index (χ0) is 13.0. The topological polar surface area (TPSA) is 94.0 Å². The first-order valence-corrected chi connectivity index (χ1v) is 5.28. The van der Waals surface area contributed by atoms with Gasteiger partial charge in [0, 0.05) is 6.54 Å². The Kier molecular flexibility index (Phi) is 3.38. The lowest BCUT2D eigenvalue weighted by molar-refractivity contribution is 0.0953. The van der Waals surface area contributed by atoms with Crippen LogP contribution in [0.15, 0.2) is 41.5 Å². The molecule has 3 N–H and O–H groups in total. The van der Waals surface area contributed by atoms with Crippen LogP contribution < -0.4 is 11.1 Å². The molecule has 0 aromatic carbocycles. The molecule has 0 aliphatic heterocycles. The molecule has 6 nitrogen and oxygen atoms in total. The maximum atomic E-state index is 11.7. The van der Waals surface area contributed by atoms with Gasteiger partial charge in [0.25, 0.3) is 5.91 Å². The molecule has 0 atom stereocenters. The number of furan rings is 1. The number of carbonyl (C=O) groups is 1. The lowest BCUT2D eigenvalue weighted by atomic mass is 10.2. The molecule has 0 unspecified atom stereocenters. The third-order valence-corrected chi connectivity index (χ3v) is 2.16. The summed E-state index contributed by atoms with van der Waals surface area (Å²) < 4.78 is 5.20. The summed E-state index contributed by atoms with van der Waals surface area (Å²) in [4.78, 5) is 19.6. The van der Waals surface area contributed by atoms with E-state index in [2.05, 4.69) is 21.9 Å². The fraction of sp³-hybridized carbons (Fsp3) is 0.0833. The SMILES string of the molecule is C=CCNC(=O)c1cc(-c2ccco2)nc(N)n1. The molecule has 0 fully saturated rings. The summed E-state index contributed by atoms with van der Waals surface area (Å²) in [5.74, 6) is 0.214. The third-order valence-electron chi connectivity index (χ3n) is 2.16. The first-order valence-electron chi connectivity index (χ1n) is 5.28. The Morgan fingerprint density at radius 3 is 3.06 bits per heavy atom. The number of aromatic nitrogens is 2. The van der Waals surface area contributed by atoms with Gasteiger partial charge < -0.3 is 15.5 Å². The Morgan fingerprint density at radius 2 is 2.39 bits per heavy atom. The van der Waals surface area contributed by atoms with Crippen LogP contribution in [0.3, 0.4) is 0 Å². The molecule has 18 heavy (non-hydrogen) atoms. The Balaban J connectivity index is 2.32. The Bertz CT molecular complexity index is 563. The minimum Gasteiger partial charge on any atom is -0.463 e. The van der Waals surface area contributed by atoms with E-state index >= 15 is 0 Å². The average Bonchev–Trinajstić information content (AvgIpc) is 2.89. The van der Waals surface area contributed by atoms with Crippen LogP contribution in [0.1, 0.15) is 10.5 Å². The van der Waals surface area contributed by atoms with E-state index in [9.17, 15) is 4.79 Å². The third kappa shape index (κ3) is 2.54. The molecule has 0 saturated carbocycles. The summed E-state index contributed by atoms with van der Waals surface area (Å²) >= 11 is 0. The van der Waals surface area contributed by atoms with E-state index in [-0.39, 0.29) is 17.5 Å². The fourth-order valence-corrected chi connectivity index (χ4v) is 1.39. The summed E-state index contributed by atoms with van der Waals surface area (Å²) in [6.45, 7) is 3.87. The van der Waals surface area contributed by atoms with E-state index in [0.717, 1.165) is 0 Å². The van der Waals surface area contributed by atoms with E-state index < -0.39 is 0 Å². The molecule has 6 heteroatoms. The Morgan fingerprint density at radius 1 is 1.56 bits per heavy atom. The van der Waals surface area contributed by atoms with E-state index in [0.29, 0.717) is 18.0 Å². The number of nitrogens with one attached hydrogen (secondary N) is 1. The molecule has 0 aliphatic rings. The number of hydrogen-bond donors (Lipinski definition) is 2. The van der Waals surface area contributed by atoms with Crippen LogP contribution in [-0.4, -0.2) is 22.4 Å².